The Hall–Kier alpha value is -0.110. The molecule has 0 spiro atoms. The number of alkyl halides is 1. The van der Waals surface area contributed by atoms with E-state index in [1.165, 1.54) is 0 Å². The lowest BCUT2D eigenvalue weighted by atomic mass is 9.89. The standard InChI is InChI=1S/C10H22FN/c1-5-6-10(11)9(3)8(2)7-12-4/h8-10,12H,5-7H2,1-4H3/t8?,9-,10?/m0/s1. The van der Waals surface area contributed by atoms with E-state index >= 15 is 0 Å². The molecule has 0 aromatic carbocycles. The zero-order valence-electron chi connectivity index (χ0n) is 8.73. The Morgan fingerprint density at radius 1 is 1.33 bits per heavy atom. The van der Waals surface area contributed by atoms with Crippen molar-refractivity contribution in [2.75, 3.05) is 13.6 Å². The second-order valence-corrected chi connectivity index (χ2v) is 3.70. The minimum atomic E-state index is -0.627. The number of rotatable bonds is 6. The molecule has 0 aliphatic rings. The van der Waals surface area contributed by atoms with Gasteiger partial charge in [0.25, 0.3) is 0 Å². The molecule has 0 heterocycles. The second-order valence-electron chi connectivity index (χ2n) is 3.70. The van der Waals surface area contributed by atoms with Crippen LogP contribution in [0, 0.1) is 11.8 Å². The van der Waals surface area contributed by atoms with Gasteiger partial charge >= 0.3 is 0 Å². The fourth-order valence-electron chi connectivity index (χ4n) is 1.40. The van der Waals surface area contributed by atoms with E-state index in [-0.39, 0.29) is 5.92 Å². The Kier molecular flexibility index (Phi) is 6.35. The normalized spacial score (nSPS) is 18.8. The van der Waals surface area contributed by atoms with Crippen LogP contribution in [0.3, 0.4) is 0 Å². The number of hydrogen-bond donors (Lipinski definition) is 1. The van der Waals surface area contributed by atoms with Crippen molar-refractivity contribution < 1.29 is 4.39 Å². The number of halogens is 1. The van der Waals surface area contributed by atoms with Crippen LogP contribution in [-0.2, 0) is 0 Å². The zero-order valence-corrected chi connectivity index (χ0v) is 8.73. The lowest BCUT2D eigenvalue weighted by molar-refractivity contribution is 0.175. The van der Waals surface area contributed by atoms with Crippen molar-refractivity contribution in [3.8, 4) is 0 Å². The summed E-state index contributed by atoms with van der Waals surface area (Å²) in [5.41, 5.74) is 0. The summed E-state index contributed by atoms with van der Waals surface area (Å²) >= 11 is 0. The van der Waals surface area contributed by atoms with Crippen LogP contribution in [0.25, 0.3) is 0 Å². The van der Waals surface area contributed by atoms with Crippen LogP contribution in [0.4, 0.5) is 4.39 Å². The molecular formula is C10H22FN. The van der Waals surface area contributed by atoms with E-state index in [0.717, 1.165) is 13.0 Å². The summed E-state index contributed by atoms with van der Waals surface area (Å²) in [6.07, 6.45) is 1.02. The maximum atomic E-state index is 13.3. The molecule has 0 aliphatic heterocycles. The molecular weight excluding hydrogens is 153 g/mol. The predicted octanol–water partition coefficient (Wildman–Crippen LogP) is 2.62. The van der Waals surface area contributed by atoms with E-state index < -0.39 is 6.17 Å². The first-order valence-electron chi connectivity index (χ1n) is 4.92. The first-order valence-corrected chi connectivity index (χ1v) is 4.92. The van der Waals surface area contributed by atoms with Gasteiger partial charge in [0.2, 0.25) is 0 Å². The summed E-state index contributed by atoms with van der Waals surface area (Å²) in [6.45, 7) is 7.04. The maximum Gasteiger partial charge on any atom is 0.103 e. The van der Waals surface area contributed by atoms with E-state index in [0.29, 0.717) is 12.3 Å². The van der Waals surface area contributed by atoms with E-state index in [4.69, 9.17) is 0 Å². The van der Waals surface area contributed by atoms with Crippen molar-refractivity contribution in [3.05, 3.63) is 0 Å². The minimum Gasteiger partial charge on any atom is -0.319 e. The van der Waals surface area contributed by atoms with Crippen LogP contribution in [0.2, 0.25) is 0 Å². The lowest BCUT2D eigenvalue weighted by Crippen LogP contribution is -2.27. The average molecular weight is 175 g/mol. The molecule has 0 aromatic rings. The molecule has 2 heteroatoms. The minimum absolute atomic E-state index is 0.178. The van der Waals surface area contributed by atoms with Gasteiger partial charge in [0.05, 0.1) is 0 Å². The van der Waals surface area contributed by atoms with Gasteiger partial charge in [0.1, 0.15) is 6.17 Å². The molecule has 1 N–H and O–H groups in total. The Morgan fingerprint density at radius 2 is 1.92 bits per heavy atom. The molecule has 1 nitrogen and oxygen atoms in total. The van der Waals surface area contributed by atoms with Crippen molar-refractivity contribution in [2.24, 2.45) is 11.8 Å². The third-order valence-corrected chi connectivity index (χ3v) is 2.56. The highest BCUT2D eigenvalue weighted by atomic mass is 19.1. The smallest absolute Gasteiger partial charge is 0.103 e. The third kappa shape index (κ3) is 4.05. The molecule has 0 amide bonds. The van der Waals surface area contributed by atoms with Gasteiger partial charge in [-0.1, -0.05) is 27.2 Å². The van der Waals surface area contributed by atoms with Gasteiger partial charge < -0.3 is 5.32 Å². The van der Waals surface area contributed by atoms with Gasteiger partial charge in [-0.3, -0.25) is 0 Å². The summed E-state index contributed by atoms with van der Waals surface area (Å²) in [6, 6.07) is 0. The van der Waals surface area contributed by atoms with Crippen LogP contribution in [0.1, 0.15) is 33.6 Å². The van der Waals surface area contributed by atoms with Crippen LogP contribution >= 0.6 is 0 Å². The van der Waals surface area contributed by atoms with Gasteiger partial charge in [-0.05, 0) is 31.8 Å². The fraction of sp³-hybridized carbons (Fsp3) is 1.00. The molecule has 74 valence electrons. The van der Waals surface area contributed by atoms with Gasteiger partial charge in [-0.15, -0.1) is 0 Å². The molecule has 0 rings (SSSR count). The monoisotopic (exact) mass is 175 g/mol. The summed E-state index contributed by atoms with van der Waals surface area (Å²) < 4.78 is 13.3. The summed E-state index contributed by atoms with van der Waals surface area (Å²) in [4.78, 5) is 0. The zero-order chi connectivity index (χ0) is 9.56. The SMILES string of the molecule is CCCC(F)[C@@H](C)C(C)CNC. The first-order chi connectivity index (χ1) is 5.63. The van der Waals surface area contributed by atoms with Crippen molar-refractivity contribution >= 4 is 0 Å². The van der Waals surface area contributed by atoms with Crippen molar-refractivity contribution in [2.45, 2.75) is 39.8 Å². The predicted molar refractivity (Wildman–Crippen MR) is 52.1 cm³/mol. The largest absolute Gasteiger partial charge is 0.319 e. The summed E-state index contributed by atoms with van der Waals surface area (Å²) in [5.74, 6) is 0.606. The molecule has 12 heavy (non-hydrogen) atoms. The number of nitrogens with one attached hydrogen (secondary N) is 1. The Bertz CT molecular complexity index is 94.0. The van der Waals surface area contributed by atoms with Crippen LogP contribution in [0.15, 0.2) is 0 Å². The molecule has 0 aromatic heterocycles. The molecule has 2 unspecified atom stereocenters. The van der Waals surface area contributed by atoms with Crippen molar-refractivity contribution in [1.29, 1.82) is 0 Å². The Morgan fingerprint density at radius 3 is 2.33 bits per heavy atom. The highest BCUT2D eigenvalue weighted by Crippen LogP contribution is 2.20. The maximum absolute atomic E-state index is 13.3. The second kappa shape index (κ2) is 6.41. The summed E-state index contributed by atoms with van der Waals surface area (Å²) in [5, 5.41) is 3.08. The molecule has 0 fully saturated rings. The summed E-state index contributed by atoms with van der Waals surface area (Å²) in [7, 11) is 1.91. The molecule has 3 atom stereocenters. The van der Waals surface area contributed by atoms with E-state index in [1.54, 1.807) is 0 Å². The van der Waals surface area contributed by atoms with Gasteiger partial charge in [0.15, 0.2) is 0 Å². The Balaban J connectivity index is 3.73. The highest BCUT2D eigenvalue weighted by Gasteiger charge is 2.20. The van der Waals surface area contributed by atoms with E-state index in [1.807, 2.05) is 20.9 Å². The van der Waals surface area contributed by atoms with Crippen LogP contribution < -0.4 is 5.32 Å². The number of hydrogen-bond acceptors (Lipinski definition) is 1. The van der Waals surface area contributed by atoms with Crippen molar-refractivity contribution in [3.63, 3.8) is 0 Å². The third-order valence-electron chi connectivity index (χ3n) is 2.56. The molecule has 0 saturated heterocycles. The molecule has 0 bridgehead atoms. The molecule has 0 aliphatic carbocycles. The fourth-order valence-corrected chi connectivity index (χ4v) is 1.40. The quantitative estimate of drug-likeness (QED) is 0.654. The van der Waals surface area contributed by atoms with Crippen LogP contribution in [0.5, 0.6) is 0 Å². The average Bonchev–Trinajstić information content (AvgIpc) is 2.04. The topological polar surface area (TPSA) is 12.0 Å². The van der Waals surface area contributed by atoms with Gasteiger partial charge in [-0.25, -0.2) is 4.39 Å². The molecule has 0 saturated carbocycles. The highest BCUT2D eigenvalue weighted by molar-refractivity contribution is 4.71. The van der Waals surface area contributed by atoms with Gasteiger partial charge in [-0.2, -0.15) is 0 Å². The van der Waals surface area contributed by atoms with Gasteiger partial charge in [0, 0.05) is 0 Å². The van der Waals surface area contributed by atoms with Crippen molar-refractivity contribution in [1.82, 2.24) is 5.32 Å². The molecule has 0 radical (unpaired) electrons. The Labute approximate surface area is 75.7 Å². The van der Waals surface area contributed by atoms with E-state index in [2.05, 4.69) is 12.2 Å². The van der Waals surface area contributed by atoms with E-state index in [9.17, 15) is 4.39 Å². The lowest BCUT2D eigenvalue weighted by Gasteiger charge is -2.22. The first kappa shape index (κ1) is 11.9. The van der Waals surface area contributed by atoms with Crippen LogP contribution in [-0.4, -0.2) is 19.8 Å².